The fourth-order valence-electron chi connectivity index (χ4n) is 3.62. The van der Waals surface area contributed by atoms with E-state index in [0.29, 0.717) is 12.5 Å². The summed E-state index contributed by atoms with van der Waals surface area (Å²) in [6, 6.07) is 10.7. The molecule has 25 heavy (non-hydrogen) atoms. The molecule has 0 radical (unpaired) electrons. The maximum absolute atomic E-state index is 11.8. The van der Waals surface area contributed by atoms with Crippen molar-refractivity contribution in [2.24, 2.45) is 0 Å². The van der Waals surface area contributed by atoms with Crippen molar-refractivity contribution in [3.05, 3.63) is 52.8 Å². The normalized spacial score (nSPS) is 20.9. The van der Waals surface area contributed by atoms with E-state index in [-0.39, 0.29) is 17.5 Å². The molecule has 1 saturated heterocycles. The SMILES string of the molecule is Cc1nn([C@@H]2CCS(=O)(=O)C2)c(C)c1CN(C)[C@@H](C)c1ccccc1. The molecular weight excluding hydrogens is 334 g/mol. The third kappa shape index (κ3) is 3.80. The number of benzene rings is 1. The maximum atomic E-state index is 11.8. The first-order valence-electron chi connectivity index (χ1n) is 8.78. The van der Waals surface area contributed by atoms with Gasteiger partial charge in [0.2, 0.25) is 0 Å². The van der Waals surface area contributed by atoms with Gasteiger partial charge in [-0.2, -0.15) is 5.10 Å². The number of aryl methyl sites for hydroxylation is 1. The van der Waals surface area contributed by atoms with Crippen molar-refractivity contribution in [3.63, 3.8) is 0 Å². The summed E-state index contributed by atoms with van der Waals surface area (Å²) in [5.41, 5.74) is 4.57. The van der Waals surface area contributed by atoms with Crippen LogP contribution in [-0.4, -0.2) is 41.7 Å². The largest absolute Gasteiger partial charge is 0.295 e. The number of rotatable bonds is 5. The van der Waals surface area contributed by atoms with E-state index in [1.54, 1.807) is 0 Å². The predicted octanol–water partition coefficient (Wildman–Crippen LogP) is 3.05. The topological polar surface area (TPSA) is 55.2 Å². The average Bonchev–Trinajstić information content (AvgIpc) is 3.08. The average molecular weight is 362 g/mol. The molecule has 2 heterocycles. The van der Waals surface area contributed by atoms with Crippen LogP contribution in [0.3, 0.4) is 0 Å². The Hall–Kier alpha value is -1.66. The van der Waals surface area contributed by atoms with E-state index in [0.717, 1.165) is 17.9 Å². The molecule has 0 amide bonds. The fraction of sp³-hybridized carbons (Fsp3) is 0.526. The highest BCUT2D eigenvalue weighted by molar-refractivity contribution is 7.91. The molecule has 1 aliphatic rings. The van der Waals surface area contributed by atoms with Gasteiger partial charge in [0, 0.05) is 23.8 Å². The van der Waals surface area contributed by atoms with E-state index in [2.05, 4.69) is 55.2 Å². The molecule has 1 aliphatic heterocycles. The first kappa shape index (κ1) is 18.1. The van der Waals surface area contributed by atoms with Gasteiger partial charge in [-0.05, 0) is 39.8 Å². The summed E-state index contributed by atoms with van der Waals surface area (Å²) in [4.78, 5) is 2.31. The van der Waals surface area contributed by atoms with E-state index in [1.165, 1.54) is 11.1 Å². The van der Waals surface area contributed by atoms with Crippen LogP contribution in [-0.2, 0) is 16.4 Å². The summed E-state index contributed by atoms with van der Waals surface area (Å²) in [5, 5.41) is 4.67. The molecular formula is C19H27N3O2S. The monoisotopic (exact) mass is 361 g/mol. The summed E-state index contributed by atoms with van der Waals surface area (Å²) in [6.45, 7) is 7.08. The van der Waals surface area contributed by atoms with Crippen molar-refractivity contribution in [1.82, 2.24) is 14.7 Å². The van der Waals surface area contributed by atoms with Crippen LogP contribution in [0, 0.1) is 13.8 Å². The summed E-state index contributed by atoms with van der Waals surface area (Å²) in [7, 11) is -0.789. The van der Waals surface area contributed by atoms with Gasteiger partial charge in [-0.3, -0.25) is 9.58 Å². The first-order chi connectivity index (χ1) is 11.8. The highest BCUT2D eigenvalue weighted by Gasteiger charge is 2.31. The lowest BCUT2D eigenvalue weighted by Crippen LogP contribution is -2.22. The molecule has 1 fully saturated rings. The summed E-state index contributed by atoms with van der Waals surface area (Å²) in [6.07, 6.45) is 0.667. The zero-order valence-corrected chi connectivity index (χ0v) is 16.3. The van der Waals surface area contributed by atoms with Crippen molar-refractivity contribution in [2.45, 2.75) is 45.8 Å². The zero-order chi connectivity index (χ0) is 18.2. The molecule has 0 N–H and O–H groups in total. The molecule has 2 atom stereocenters. The molecule has 0 saturated carbocycles. The maximum Gasteiger partial charge on any atom is 0.152 e. The standard InChI is InChI=1S/C19H27N3O2S/c1-14-19(12-21(4)15(2)17-8-6-5-7-9-17)16(3)22(20-14)18-10-11-25(23,24)13-18/h5-9,15,18H,10-13H2,1-4H3/t15-,18+/m0/s1. The highest BCUT2D eigenvalue weighted by atomic mass is 32.2. The number of nitrogens with zero attached hydrogens (tertiary/aromatic N) is 3. The second-order valence-corrected chi connectivity index (χ2v) is 9.38. The minimum atomic E-state index is -2.91. The Morgan fingerprint density at radius 3 is 2.56 bits per heavy atom. The molecule has 0 unspecified atom stereocenters. The van der Waals surface area contributed by atoms with Crippen molar-refractivity contribution in [1.29, 1.82) is 0 Å². The van der Waals surface area contributed by atoms with Gasteiger partial charge >= 0.3 is 0 Å². The van der Waals surface area contributed by atoms with Gasteiger partial charge in [0.25, 0.3) is 0 Å². The summed E-state index contributed by atoms with van der Waals surface area (Å²) in [5.74, 6) is 0.487. The quantitative estimate of drug-likeness (QED) is 0.821. The first-order valence-corrected chi connectivity index (χ1v) is 10.6. The van der Waals surface area contributed by atoms with Crippen LogP contribution < -0.4 is 0 Å². The third-order valence-electron chi connectivity index (χ3n) is 5.38. The zero-order valence-electron chi connectivity index (χ0n) is 15.4. The lowest BCUT2D eigenvalue weighted by molar-refractivity contribution is 0.252. The van der Waals surface area contributed by atoms with Crippen molar-refractivity contribution >= 4 is 9.84 Å². The molecule has 0 bridgehead atoms. The van der Waals surface area contributed by atoms with Gasteiger partial charge < -0.3 is 0 Å². The lowest BCUT2D eigenvalue weighted by atomic mass is 10.1. The predicted molar refractivity (Wildman–Crippen MR) is 100 cm³/mol. The van der Waals surface area contributed by atoms with Crippen LogP contribution in [0.1, 0.15) is 47.9 Å². The van der Waals surface area contributed by atoms with Crippen LogP contribution in [0.25, 0.3) is 0 Å². The van der Waals surface area contributed by atoms with Crippen LogP contribution in [0.2, 0.25) is 0 Å². The van der Waals surface area contributed by atoms with Crippen molar-refractivity contribution in [2.75, 3.05) is 18.6 Å². The van der Waals surface area contributed by atoms with E-state index < -0.39 is 9.84 Å². The van der Waals surface area contributed by atoms with E-state index in [4.69, 9.17) is 0 Å². The minimum absolute atomic E-state index is 0.0192. The van der Waals surface area contributed by atoms with Gasteiger partial charge in [-0.15, -0.1) is 0 Å². The summed E-state index contributed by atoms with van der Waals surface area (Å²) < 4.78 is 25.5. The molecule has 1 aromatic carbocycles. The van der Waals surface area contributed by atoms with Crippen LogP contribution in [0.5, 0.6) is 0 Å². The van der Waals surface area contributed by atoms with Gasteiger partial charge in [-0.1, -0.05) is 30.3 Å². The van der Waals surface area contributed by atoms with Gasteiger partial charge in [0.15, 0.2) is 9.84 Å². The van der Waals surface area contributed by atoms with Crippen LogP contribution in [0.4, 0.5) is 0 Å². The minimum Gasteiger partial charge on any atom is -0.295 e. The van der Waals surface area contributed by atoms with Crippen LogP contribution >= 0.6 is 0 Å². The number of sulfone groups is 1. The summed E-state index contributed by atoms with van der Waals surface area (Å²) >= 11 is 0. The van der Waals surface area contributed by atoms with Crippen molar-refractivity contribution in [3.8, 4) is 0 Å². The van der Waals surface area contributed by atoms with Gasteiger partial charge in [0.05, 0.1) is 23.2 Å². The fourth-order valence-corrected chi connectivity index (χ4v) is 5.31. The number of aromatic nitrogens is 2. The second kappa shape index (κ2) is 6.92. The molecule has 0 spiro atoms. The number of hydrogen-bond donors (Lipinski definition) is 0. The van der Waals surface area contributed by atoms with Crippen LogP contribution in [0.15, 0.2) is 30.3 Å². The third-order valence-corrected chi connectivity index (χ3v) is 7.13. The Bertz CT molecular complexity index is 843. The number of hydrogen-bond acceptors (Lipinski definition) is 4. The van der Waals surface area contributed by atoms with Crippen molar-refractivity contribution < 1.29 is 8.42 Å². The lowest BCUT2D eigenvalue weighted by Gasteiger charge is -2.25. The van der Waals surface area contributed by atoms with E-state index >= 15 is 0 Å². The van der Waals surface area contributed by atoms with E-state index in [1.807, 2.05) is 17.7 Å². The Morgan fingerprint density at radius 2 is 1.96 bits per heavy atom. The Kier molecular flexibility index (Phi) is 5.02. The molecule has 6 heteroatoms. The van der Waals surface area contributed by atoms with Gasteiger partial charge in [0.1, 0.15) is 0 Å². The van der Waals surface area contributed by atoms with E-state index in [9.17, 15) is 8.42 Å². The Balaban J connectivity index is 1.79. The molecule has 2 aromatic rings. The molecule has 1 aromatic heterocycles. The molecule has 5 nitrogen and oxygen atoms in total. The smallest absolute Gasteiger partial charge is 0.152 e. The Labute approximate surface area is 150 Å². The second-order valence-electron chi connectivity index (χ2n) is 7.15. The molecule has 136 valence electrons. The highest BCUT2D eigenvalue weighted by Crippen LogP contribution is 2.28. The molecule has 0 aliphatic carbocycles. The van der Waals surface area contributed by atoms with Gasteiger partial charge in [-0.25, -0.2) is 8.42 Å². The Morgan fingerprint density at radius 1 is 1.28 bits per heavy atom. The molecule has 3 rings (SSSR count).